The number of unbranched alkanes of at least 4 members (excludes halogenated alkanes) is 2. The van der Waals surface area contributed by atoms with Crippen LogP contribution in [0.2, 0.25) is 0 Å². The lowest BCUT2D eigenvalue weighted by Crippen LogP contribution is -2.25. The van der Waals surface area contributed by atoms with Gasteiger partial charge in [0.05, 0.1) is 6.07 Å². The summed E-state index contributed by atoms with van der Waals surface area (Å²) in [5.74, 6) is 0. The molecule has 0 radical (unpaired) electrons. The highest BCUT2D eigenvalue weighted by Crippen LogP contribution is 2.26. The van der Waals surface area contributed by atoms with Crippen LogP contribution in [0, 0.1) is 11.3 Å². The first-order valence-electron chi connectivity index (χ1n) is 6.61. The molecule has 0 saturated carbocycles. The van der Waals surface area contributed by atoms with E-state index in [1.54, 1.807) is 0 Å². The van der Waals surface area contributed by atoms with Crippen LogP contribution < -0.4 is 4.90 Å². The van der Waals surface area contributed by atoms with E-state index in [-0.39, 0.29) is 0 Å². The van der Waals surface area contributed by atoms with Crippen LogP contribution in [0.15, 0.2) is 24.3 Å². The van der Waals surface area contributed by atoms with Gasteiger partial charge in [-0.15, -0.1) is 0 Å². The van der Waals surface area contributed by atoms with Gasteiger partial charge in [-0.2, -0.15) is 5.26 Å². The van der Waals surface area contributed by atoms with Crippen molar-refractivity contribution in [1.29, 1.82) is 5.26 Å². The Kier molecular flexibility index (Phi) is 4.44. The molecule has 0 unspecified atom stereocenters. The maximum atomic E-state index is 8.54. The molecule has 0 atom stereocenters. The predicted octanol–water partition coefficient (Wildman–Crippen LogP) is 3.52. The standard InChI is InChI=1S/C15H20N2/c16-11-5-1-6-12-17-13-7-4-9-14-8-2-3-10-15(14)17/h2-3,8,10H,1,4-7,9,12-13H2. The molecule has 0 spiro atoms. The van der Waals surface area contributed by atoms with Crippen LogP contribution in [0.25, 0.3) is 0 Å². The second-order valence-electron chi connectivity index (χ2n) is 4.69. The van der Waals surface area contributed by atoms with Gasteiger partial charge in [0.2, 0.25) is 0 Å². The Bertz CT molecular complexity index is 392. The minimum atomic E-state index is 0.690. The van der Waals surface area contributed by atoms with E-state index in [2.05, 4.69) is 35.2 Å². The molecule has 0 saturated heterocycles. The van der Waals surface area contributed by atoms with Gasteiger partial charge in [-0.25, -0.2) is 0 Å². The van der Waals surface area contributed by atoms with Gasteiger partial charge in [-0.1, -0.05) is 18.2 Å². The number of fused-ring (bicyclic) bond motifs is 1. The smallest absolute Gasteiger partial charge is 0.0621 e. The third-order valence-electron chi connectivity index (χ3n) is 3.42. The largest absolute Gasteiger partial charge is 0.371 e. The van der Waals surface area contributed by atoms with E-state index in [4.69, 9.17) is 5.26 Å². The number of benzene rings is 1. The first-order valence-corrected chi connectivity index (χ1v) is 6.61. The lowest BCUT2D eigenvalue weighted by atomic mass is 10.1. The number of anilines is 1. The summed E-state index contributed by atoms with van der Waals surface area (Å²) in [5, 5.41) is 8.54. The van der Waals surface area contributed by atoms with Gasteiger partial charge in [-0.3, -0.25) is 0 Å². The Labute approximate surface area is 104 Å². The van der Waals surface area contributed by atoms with Gasteiger partial charge in [0.25, 0.3) is 0 Å². The van der Waals surface area contributed by atoms with Crippen LogP contribution >= 0.6 is 0 Å². The van der Waals surface area contributed by atoms with Gasteiger partial charge >= 0.3 is 0 Å². The summed E-state index contributed by atoms with van der Waals surface area (Å²) >= 11 is 0. The van der Waals surface area contributed by atoms with Crippen molar-refractivity contribution in [2.75, 3.05) is 18.0 Å². The number of aryl methyl sites for hydroxylation is 1. The van der Waals surface area contributed by atoms with Crippen molar-refractivity contribution in [2.45, 2.75) is 38.5 Å². The first-order chi connectivity index (χ1) is 8.42. The minimum absolute atomic E-state index is 0.690. The topological polar surface area (TPSA) is 27.0 Å². The lowest BCUT2D eigenvalue weighted by molar-refractivity contribution is 0.669. The van der Waals surface area contributed by atoms with Gasteiger partial charge in [0.1, 0.15) is 0 Å². The van der Waals surface area contributed by atoms with Crippen molar-refractivity contribution < 1.29 is 0 Å². The predicted molar refractivity (Wildman–Crippen MR) is 71.1 cm³/mol. The molecule has 1 aromatic rings. The van der Waals surface area contributed by atoms with E-state index in [1.165, 1.54) is 37.1 Å². The first kappa shape index (κ1) is 12.0. The maximum Gasteiger partial charge on any atom is 0.0621 e. The summed E-state index contributed by atoms with van der Waals surface area (Å²) in [4.78, 5) is 2.50. The number of hydrogen-bond donors (Lipinski definition) is 0. The highest BCUT2D eigenvalue weighted by atomic mass is 15.1. The molecule has 0 bridgehead atoms. The summed E-state index contributed by atoms with van der Waals surface area (Å²) in [6.07, 6.45) is 6.63. The summed E-state index contributed by atoms with van der Waals surface area (Å²) in [6.45, 7) is 2.27. The molecule has 0 aliphatic carbocycles. The highest BCUT2D eigenvalue weighted by Gasteiger charge is 2.13. The molecule has 1 heterocycles. The fraction of sp³-hybridized carbons (Fsp3) is 0.533. The Morgan fingerprint density at radius 3 is 2.94 bits per heavy atom. The summed E-state index contributed by atoms with van der Waals surface area (Å²) in [5.41, 5.74) is 2.91. The molecule has 1 aliphatic rings. The Hall–Kier alpha value is -1.49. The van der Waals surface area contributed by atoms with E-state index in [0.717, 1.165) is 19.4 Å². The third kappa shape index (κ3) is 3.23. The average molecular weight is 228 g/mol. The summed E-state index contributed by atoms with van der Waals surface area (Å²) in [7, 11) is 0. The second-order valence-corrected chi connectivity index (χ2v) is 4.69. The normalized spacial score (nSPS) is 14.9. The third-order valence-corrected chi connectivity index (χ3v) is 3.42. The van der Waals surface area contributed by atoms with Crippen LogP contribution in [0.1, 0.15) is 37.7 Å². The van der Waals surface area contributed by atoms with E-state index >= 15 is 0 Å². The number of nitriles is 1. The molecule has 90 valence electrons. The molecule has 0 fully saturated rings. The van der Waals surface area contributed by atoms with Crippen molar-refractivity contribution in [3.05, 3.63) is 29.8 Å². The van der Waals surface area contributed by atoms with Crippen molar-refractivity contribution in [3.63, 3.8) is 0 Å². The quantitative estimate of drug-likeness (QED) is 0.737. The molecule has 0 N–H and O–H groups in total. The molecular formula is C15H20N2. The van der Waals surface area contributed by atoms with Crippen LogP contribution in [0.4, 0.5) is 5.69 Å². The van der Waals surface area contributed by atoms with Crippen LogP contribution in [-0.4, -0.2) is 13.1 Å². The Morgan fingerprint density at radius 1 is 1.18 bits per heavy atom. The van der Waals surface area contributed by atoms with E-state index in [1.807, 2.05) is 0 Å². The summed E-state index contributed by atoms with van der Waals surface area (Å²) in [6, 6.07) is 11.0. The molecule has 2 rings (SSSR count). The molecule has 2 heteroatoms. The van der Waals surface area contributed by atoms with E-state index in [0.29, 0.717) is 6.42 Å². The molecule has 1 aromatic carbocycles. The minimum Gasteiger partial charge on any atom is -0.371 e. The SMILES string of the molecule is N#CCCCCN1CCCCc2ccccc21. The van der Waals surface area contributed by atoms with Crippen molar-refractivity contribution in [3.8, 4) is 6.07 Å². The molecule has 1 aliphatic heterocycles. The second kappa shape index (κ2) is 6.30. The Balaban J connectivity index is 1.99. The number of rotatable bonds is 4. The monoisotopic (exact) mass is 228 g/mol. The van der Waals surface area contributed by atoms with Gasteiger partial charge in [-0.05, 0) is 43.7 Å². The van der Waals surface area contributed by atoms with Crippen LogP contribution in [0.3, 0.4) is 0 Å². The number of para-hydroxylation sites is 1. The van der Waals surface area contributed by atoms with Gasteiger partial charge in [0.15, 0.2) is 0 Å². The zero-order chi connectivity index (χ0) is 11.9. The van der Waals surface area contributed by atoms with Crippen molar-refractivity contribution in [2.24, 2.45) is 0 Å². The van der Waals surface area contributed by atoms with E-state index in [9.17, 15) is 0 Å². The van der Waals surface area contributed by atoms with E-state index < -0.39 is 0 Å². The van der Waals surface area contributed by atoms with Gasteiger partial charge in [0, 0.05) is 25.2 Å². The van der Waals surface area contributed by atoms with Gasteiger partial charge < -0.3 is 4.90 Å². The molecule has 0 amide bonds. The summed E-state index contributed by atoms with van der Waals surface area (Å²) < 4.78 is 0. The molecule has 17 heavy (non-hydrogen) atoms. The molecule has 0 aromatic heterocycles. The molecular weight excluding hydrogens is 208 g/mol. The van der Waals surface area contributed by atoms with Crippen molar-refractivity contribution >= 4 is 5.69 Å². The van der Waals surface area contributed by atoms with Crippen LogP contribution in [-0.2, 0) is 6.42 Å². The fourth-order valence-electron chi connectivity index (χ4n) is 2.51. The number of hydrogen-bond acceptors (Lipinski definition) is 2. The molecule has 2 nitrogen and oxygen atoms in total. The number of nitrogens with zero attached hydrogens (tertiary/aromatic N) is 2. The van der Waals surface area contributed by atoms with Crippen LogP contribution in [0.5, 0.6) is 0 Å². The fourth-order valence-corrected chi connectivity index (χ4v) is 2.51. The maximum absolute atomic E-state index is 8.54. The zero-order valence-corrected chi connectivity index (χ0v) is 10.4. The zero-order valence-electron chi connectivity index (χ0n) is 10.4. The highest BCUT2D eigenvalue weighted by molar-refractivity contribution is 5.54. The Morgan fingerprint density at radius 2 is 2.06 bits per heavy atom. The lowest BCUT2D eigenvalue weighted by Gasteiger charge is -2.24. The average Bonchev–Trinajstić information content (AvgIpc) is 2.57. The van der Waals surface area contributed by atoms with Crippen molar-refractivity contribution in [1.82, 2.24) is 0 Å².